The average molecular weight is 198 g/mol. The summed E-state index contributed by atoms with van der Waals surface area (Å²) in [5.74, 6) is 3.27. The lowest BCUT2D eigenvalue weighted by molar-refractivity contribution is -0.131. The highest BCUT2D eigenvalue weighted by atomic mass is 32.2. The van der Waals surface area contributed by atoms with E-state index in [2.05, 4.69) is 6.92 Å². The van der Waals surface area contributed by atoms with Crippen LogP contribution in [-0.4, -0.2) is 17.3 Å². The molecule has 1 saturated carbocycles. The van der Waals surface area contributed by atoms with Gasteiger partial charge in [0.1, 0.15) is 5.78 Å². The molecular formula is C11H18OS. The van der Waals surface area contributed by atoms with Gasteiger partial charge in [0.2, 0.25) is 0 Å². The maximum Gasteiger partial charge on any atom is 0.142 e. The molecule has 0 bridgehead atoms. The lowest BCUT2D eigenvalue weighted by Gasteiger charge is -2.24. The van der Waals surface area contributed by atoms with Gasteiger partial charge in [0.15, 0.2) is 0 Å². The van der Waals surface area contributed by atoms with Crippen LogP contribution in [0.15, 0.2) is 0 Å². The van der Waals surface area contributed by atoms with E-state index in [9.17, 15) is 4.79 Å². The van der Waals surface area contributed by atoms with Gasteiger partial charge in [0, 0.05) is 17.1 Å². The van der Waals surface area contributed by atoms with Crippen LogP contribution in [0.2, 0.25) is 0 Å². The second kappa shape index (κ2) is 3.64. The Balaban J connectivity index is 2.02. The summed E-state index contributed by atoms with van der Waals surface area (Å²) in [6.07, 6.45) is 5.96. The highest BCUT2D eigenvalue weighted by Gasteiger charge is 2.40. The van der Waals surface area contributed by atoms with Crippen LogP contribution in [-0.2, 0) is 4.79 Å². The first-order chi connectivity index (χ1) is 6.22. The standard InChI is InChI=1S/C11H18OS/c1-11(5-2-3-6-11)10(12)9-4-7-13-8-9/h9H,2-8H2,1H3. The molecule has 0 amide bonds. The molecule has 1 saturated heterocycles. The Morgan fingerprint density at radius 3 is 2.62 bits per heavy atom. The van der Waals surface area contributed by atoms with Crippen LogP contribution in [0.5, 0.6) is 0 Å². The van der Waals surface area contributed by atoms with E-state index in [4.69, 9.17) is 0 Å². The van der Waals surface area contributed by atoms with Crippen LogP contribution in [0.3, 0.4) is 0 Å². The number of ketones is 1. The van der Waals surface area contributed by atoms with Crippen molar-refractivity contribution in [2.75, 3.05) is 11.5 Å². The molecule has 1 aliphatic heterocycles. The van der Waals surface area contributed by atoms with Gasteiger partial charge in [-0.2, -0.15) is 11.8 Å². The van der Waals surface area contributed by atoms with Crippen molar-refractivity contribution in [3.05, 3.63) is 0 Å². The molecule has 0 radical (unpaired) electrons. The van der Waals surface area contributed by atoms with Crippen LogP contribution in [0.25, 0.3) is 0 Å². The van der Waals surface area contributed by atoms with Gasteiger partial charge in [-0.25, -0.2) is 0 Å². The number of carbonyl (C=O) groups excluding carboxylic acids is 1. The van der Waals surface area contributed by atoms with E-state index in [0.717, 1.165) is 25.0 Å². The zero-order valence-electron chi connectivity index (χ0n) is 8.34. The first kappa shape index (κ1) is 9.57. The third-order valence-electron chi connectivity index (χ3n) is 3.60. The first-order valence-electron chi connectivity index (χ1n) is 5.34. The van der Waals surface area contributed by atoms with E-state index >= 15 is 0 Å². The van der Waals surface area contributed by atoms with Gasteiger partial charge in [0.25, 0.3) is 0 Å². The van der Waals surface area contributed by atoms with Crippen molar-refractivity contribution >= 4 is 17.5 Å². The Kier molecular flexibility index (Phi) is 2.68. The van der Waals surface area contributed by atoms with Gasteiger partial charge in [-0.05, 0) is 25.0 Å². The Bertz CT molecular complexity index is 200. The molecule has 0 aromatic carbocycles. The molecule has 1 unspecified atom stereocenters. The van der Waals surface area contributed by atoms with Gasteiger partial charge >= 0.3 is 0 Å². The van der Waals surface area contributed by atoms with E-state index < -0.39 is 0 Å². The predicted octanol–water partition coefficient (Wildman–Crippen LogP) is 2.89. The maximum absolute atomic E-state index is 12.2. The van der Waals surface area contributed by atoms with Crippen LogP contribution >= 0.6 is 11.8 Å². The zero-order chi connectivity index (χ0) is 9.31. The maximum atomic E-state index is 12.2. The molecule has 13 heavy (non-hydrogen) atoms. The average Bonchev–Trinajstić information content (AvgIpc) is 2.73. The van der Waals surface area contributed by atoms with Crippen LogP contribution < -0.4 is 0 Å². The third kappa shape index (κ3) is 1.78. The monoisotopic (exact) mass is 198 g/mol. The smallest absolute Gasteiger partial charge is 0.142 e. The fourth-order valence-electron chi connectivity index (χ4n) is 2.64. The Morgan fingerprint density at radius 2 is 2.08 bits per heavy atom. The predicted molar refractivity (Wildman–Crippen MR) is 57.0 cm³/mol. The second-order valence-electron chi connectivity index (χ2n) is 4.69. The van der Waals surface area contributed by atoms with Crippen molar-refractivity contribution in [3.8, 4) is 0 Å². The van der Waals surface area contributed by atoms with Crippen LogP contribution in [0, 0.1) is 11.3 Å². The fourth-order valence-corrected chi connectivity index (χ4v) is 3.86. The lowest BCUT2D eigenvalue weighted by Crippen LogP contribution is -2.31. The molecule has 0 aromatic heterocycles. The van der Waals surface area contributed by atoms with Crippen LogP contribution in [0.4, 0.5) is 0 Å². The van der Waals surface area contributed by atoms with E-state index in [0.29, 0.717) is 11.7 Å². The van der Waals surface area contributed by atoms with E-state index in [1.54, 1.807) is 0 Å². The summed E-state index contributed by atoms with van der Waals surface area (Å²) in [6.45, 7) is 2.19. The Hall–Kier alpha value is 0.0200. The highest BCUT2D eigenvalue weighted by Crippen LogP contribution is 2.42. The SMILES string of the molecule is CC1(C(=O)C2CCSC2)CCCC1. The van der Waals surface area contributed by atoms with E-state index in [1.165, 1.54) is 18.6 Å². The molecule has 0 N–H and O–H groups in total. The molecule has 0 spiro atoms. The van der Waals surface area contributed by atoms with Gasteiger partial charge in [-0.15, -0.1) is 0 Å². The third-order valence-corrected chi connectivity index (χ3v) is 4.76. The molecule has 74 valence electrons. The van der Waals surface area contributed by atoms with Gasteiger partial charge < -0.3 is 0 Å². The molecule has 1 atom stereocenters. The molecule has 2 heteroatoms. The molecule has 2 aliphatic rings. The number of rotatable bonds is 2. The molecule has 2 fully saturated rings. The first-order valence-corrected chi connectivity index (χ1v) is 6.50. The molecule has 0 aromatic rings. The summed E-state index contributed by atoms with van der Waals surface area (Å²) in [6, 6.07) is 0. The van der Waals surface area contributed by atoms with E-state index in [-0.39, 0.29) is 5.41 Å². The van der Waals surface area contributed by atoms with E-state index in [1.807, 2.05) is 11.8 Å². The molecule has 1 nitrogen and oxygen atoms in total. The van der Waals surface area contributed by atoms with Crippen LogP contribution in [0.1, 0.15) is 39.0 Å². The number of hydrogen-bond acceptors (Lipinski definition) is 2. The van der Waals surface area contributed by atoms with Crippen molar-refractivity contribution in [1.29, 1.82) is 0 Å². The molecule has 2 rings (SSSR count). The summed E-state index contributed by atoms with van der Waals surface area (Å²) in [4.78, 5) is 12.2. The van der Waals surface area contributed by atoms with Gasteiger partial charge in [0.05, 0.1) is 0 Å². The molecule has 1 aliphatic carbocycles. The number of hydrogen-bond donors (Lipinski definition) is 0. The molecular weight excluding hydrogens is 180 g/mol. The number of carbonyl (C=O) groups is 1. The number of thioether (sulfide) groups is 1. The minimum absolute atomic E-state index is 0.0650. The quantitative estimate of drug-likeness (QED) is 0.678. The largest absolute Gasteiger partial charge is 0.299 e. The summed E-state index contributed by atoms with van der Waals surface area (Å²) < 4.78 is 0. The second-order valence-corrected chi connectivity index (χ2v) is 5.84. The van der Waals surface area contributed by atoms with Crippen molar-refractivity contribution in [2.24, 2.45) is 11.3 Å². The minimum Gasteiger partial charge on any atom is -0.299 e. The molecule has 1 heterocycles. The minimum atomic E-state index is 0.0650. The van der Waals surface area contributed by atoms with Crippen molar-refractivity contribution < 1.29 is 4.79 Å². The summed E-state index contributed by atoms with van der Waals surface area (Å²) >= 11 is 1.95. The van der Waals surface area contributed by atoms with Crippen molar-refractivity contribution in [1.82, 2.24) is 0 Å². The van der Waals surface area contributed by atoms with Crippen molar-refractivity contribution in [3.63, 3.8) is 0 Å². The number of Topliss-reactive ketones (excluding diaryl/α,β-unsaturated/α-hetero) is 1. The van der Waals surface area contributed by atoms with Gasteiger partial charge in [-0.1, -0.05) is 19.8 Å². The zero-order valence-corrected chi connectivity index (χ0v) is 9.16. The Morgan fingerprint density at radius 1 is 1.38 bits per heavy atom. The lowest BCUT2D eigenvalue weighted by atomic mass is 9.78. The normalized spacial score (nSPS) is 32.2. The topological polar surface area (TPSA) is 17.1 Å². The summed E-state index contributed by atoms with van der Waals surface area (Å²) in [7, 11) is 0. The fraction of sp³-hybridized carbons (Fsp3) is 0.909. The highest BCUT2D eigenvalue weighted by molar-refractivity contribution is 7.99. The summed E-state index contributed by atoms with van der Waals surface area (Å²) in [5.41, 5.74) is 0.0650. The Labute approximate surface area is 84.7 Å². The van der Waals surface area contributed by atoms with Gasteiger partial charge in [-0.3, -0.25) is 4.79 Å². The van der Waals surface area contributed by atoms with Crippen molar-refractivity contribution in [2.45, 2.75) is 39.0 Å². The summed E-state index contributed by atoms with van der Waals surface area (Å²) in [5, 5.41) is 0.